The summed E-state index contributed by atoms with van der Waals surface area (Å²) in [6, 6.07) is 0. The van der Waals surface area contributed by atoms with Crippen molar-refractivity contribution < 1.29 is 0 Å². The zero-order valence-electron chi connectivity index (χ0n) is 8.82. The predicted octanol–water partition coefficient (Wildman–Crippen LogP) is 2.95. The average Bonchev–Trinajstić information content (AvgIpc) is 2.03. The van der Waals surface area contributed by atoms with Crippen molar-refractivity contribution in [3.8, 4) is 0 Å². The van der Waals surface area contributed by atoms with Gasteiger partial charge < -0.3 is 5.32 Å². The summed E-state index contributed by atoms with van der Waals surface area (Å²) < 4.78 is 0. The SMILES string of the molecule is CC(C)CCC1(C)CCCCN1. The second-order valence-corrected chi connectivity index (χ2v) is 4.88. The van der Waals surface area contributed by atoms with Crippen molar-refractivity contribution in [3.05, 3.63) is 0 Å². The first kappa shape index (κ1) is 10.0. The second-order valence-electron chi connectivity index (χ2n) is 4.88. The van der Waals surface area contributed by atoms with Gasteiger partial charge in [-0.1, -0.05) is 20.3 Å². The van der Waals surface area contributed by atoms with Crippen LogP contribution < -0.4 is 5.32 Å². The van der Waals surface area contributed by atoms with E-state index in [0.29, 0.717) is 5.54 Å². The molecule has 1 aliphatic heterocycles. The van der Waals surface area contributed by atoms with E-state index in [4.69, 9.17) is 0 Å². The lowest BCUT2D eigenvalue weighted by atomic mass is 9.85. The van der Waals surface area contributed by atoms with Crippen LogP contribution in [0.3, 0.4) is 0 Å². The molecule has 0 spiro atoms. The van der Waals surface area contributed by atoms with Crippen LogP contribution in [0.15, 0.2) is 0 Å². The van der Waals surface area contributed by atoms with Crippen molar-refractivity contribution in [2.45, 2.75) is 58.4 Å². The summed E-state index contributed by atoms with van der Waals surface area (Å²) >= 11 is 0. The first-order valence-corrected chi connectivity index (χ1v) is 5.37. The Balaban J connectivity index is 2.26. The van der Waals surface area contributed by atoms with E-state index in [-0.39, 0.29) is 0 Å². The van der Waals surface area contributed by atoms with Gasteiger partial charge in [0.2, 0.25) is 0 Å². The largest absolute Gasteiger partial charge is 0.312 e. The summed E-state index contributed by atoms with van der Waals surface area (Å²) in [5.41, 5.74) is 0.461. The Morgan fingerprint density at radius 2 is 2.08 bits per heavy atom. The highest BCUT2D eigenvalue weighted by molar-refractivity contribution is 4.86. The van der Waals surface area contributed by atoms with Gasteiger partial charge in [-0.05, 0) is 45.1 Å². The Morgan fingerprint density at radius 3 is 2.58 bits per heavy atom. The van der Waals surface area contributed by atoms with Gasteiger partial charge in [-0.2, -0.15) is 0 Å². The Labute approximate surface area is 76.9 Å². The van der Waals surface area contributed by atoms with Crippen molar-refractivity contribution in [2.75, 3.05) is 6.54 Å². The first-order valence-electron chi connectivity index (χ1n) is 5.37. The van der Waals surface area contributed by atoms with E-state index in [1.807, 2.05) is 0 Å². The second kappa shape index (κ2) is 4.27. The van der Waals surface area contributed by atoms with Crippen LogP contribution in [0.4, 0.5) is 0 Å². The van der Waals surface area contributed by atoms with Crippen molar-refractivity contribution in [1.82, 2.24) is 5.32 Å². The lowest BCUT2D eigenvalue weighted by Crippen LogP contribution is -2.45. The van der Waals surface area contributed by atoms with E-state index in [0.717, 1.165) is 5.92 Å². The zero-order chi connectivity index (χ0) is 9.03. The topological polar surface area (TPSA) is 12.0 Å². The molecular formula is C11H23N. The van der Waals surface area contributed by atoms with Gasteiger partial charge in [0, 0.05) is 5.54 Å². The summed E-state index contributed by atoms with van der Waals surface area (Å²) in [4.78, 5) is 0. The van der Waals surface area contributed by atoms with Crippen LogP contribution in [0.5, 0.6) is 0 Å². The van der Waals surface area contributed by atoms with Gasteiger partial charge in [0.25, 0.3) is 0 Å². The van der Waals surface area contributed by atoms with E-state index >= 15 is 0 Å². The zero-order valence-corrected chi connectivity index (χ0v) is 8.82. The Morgan fingerprint density at radius 1 is 1.33 bits per heavy atom. The minimum atomic E-state index is 0.461. The number of hydrogen-bond donors (Lipinski definition) is 1. The Hall–Kier alpha value is -0.0400. The number of piperidine rings is 1. The van der Waals surface area contributed by atoms with Crippen molar-refractivity contribution >= 4 is 0 Å². The fraction of sp³-hybridized carbons (Fsp3) is 1.00. The molecule has 1 heterocycles. The highest BCUT2D eigenvalue weighted by Crippen LogP contribution is 2.25. The molecule has 1 heteroatoms. The minimum absolute atomic E-state index is 0.461. The summed E-state index contributed by atoms with van der Waals surface area (Å²) in [5.74, 6) is 0.852. The number of rotatable bonds is 3. The van der Waals surface area contributed by atoms with Crippen LogP contribution in [0, 0.1) is 5.92 Å². The molecule has 1 fully saturated rings. The maximum atomic E-state index is 3.65. The fourth-order valence-electron chi connectivity index (χ4n) is 1.94. The third-order valence-corrected chi connectivity index (χ3v) is 2.98. The molecule has 0 aromatic rings. The van der Waals surface area contributed by atoms with Crippen molar-refractivity contribution in [2.24, 2.45) is 5.92 Å². The Kier molecular flexibility index (Phi) is 3.57. The molecule has 0 radical (unpaired) electrons. The molecule has 1 N–H and O–H groups in total. The van der Waals surface area contributed by atoms with Crippen molar-refractivity contribution in [3.63, 3.8) is 0 Å². The van der Waals surface area contributed by atoms with Crippen LogP contribution in [-0.4, -0.2) is 12.1 Å². The molecule has 12 heavy (non-hydrogen) atoms. The monoisotopic (exact) mass is 169 g/mol. The van der Waals surface area contributed by atoms with Crippen molar-refractivity contribution in [1.29, 1.82) is 0 Å². The molecule has 0 saturated carbocycles. The maximum Gasteiger partial charge on any atom is 0.0153 e. The molecule has 1 aliphatic rings. The summed E-state index contributed by atoms with van der Waals surface area (Å²) in [6.45, 7) is 8.24. The summed E-state index contributed by atoms with van der Waals surface area (Å²) in [7, 11) is 0. The van der Waals surface area contributed by atoms with E-state index in [1.54, 1.807) is 0 Å². The van der Waals surface area contributed by atoms with Crippen LogP contribution in [0.2, 0.25) is 0 Å². The lowest BCUT2D eigenvalue weighted by molar-refractivity contribution is 0.245. The van der Waals surface area contributed by atoms with Gasteiger partial charge >= 0.3 is 0 Å². The van der Waals surface area contributed by atoms with Gasteiger partial charge in [-0.25, -0.2) is 0 Å². The highest BCUT2D eigenvalue weighted by atomic mass is 15.0. The molecule has 1 unspecified atom stereocenters. The van der Waals surface area contributed by atoms with Gasteiger partial charge in [-0.3, -0.25) is 0 Å². The van der Waals surface area contributed by atoms with E-state index < -0.39 is 0 Å². The molecule has 0 aromatic heterocycles. The van der Waals surface area contributed by atoms with Crippen LogP contribution in [0.25, 0.3) is 0 Å². The average molecular weight is 169 g/mol. The van der Waals surface area contributed by atoms with E-state index in [1.165, 1.54) is 38.6 Å². The molecule has 1 atom stereocenters. The summed E-state index contributed by atoms with van der Waals surface area (Å²) in [6.07, 6.45) is 6.88. The van der Waals surface area contributed by atoms with E-state index in [2.05, 4.69) is 26.1 Å². The third kappa shape index (κ3) is 3.14. The Bertz CT molecular complexity index is 123. The van der Waals surface area contributed by atoms with Gasteiger partial charge in [0.05, 0.1) is 0 Å². The molecule has 0 aromatic carbocycles. The first-order chi connectivity index (χ1) is 5.62. The fourth-order valence-corrected chi connectivity index (χ4v) is 1.94. The highest BCUT2D eigenvalue weighted by Gasteiger charge is 2.25. The minimum Gasteiger partial charge on any atom is -0.312 e. The molecule has 0 bridgehead atoms. The molecule has 72 valence electrons. The quantitative estimate of drug-likeness (QED) is 0.685. The smallest absolute Gasteiger partial charge is 0.0153 e. The maximum absolute atomic E-state index is 3.65. The molecule has 1 nitrogen and oxygen atoms in total. The van der Waals surface area contributed by atoms with Gasteiger partial charge in [-0.15, -0.1) is 0 Å². The van der Waals surface area contributed by atoms with Gasteiger partial charge in [0.1, 0.15) is 0 Å². The summed E-state index contributed by atoms with van der Waals surface area (Å²) in [5, 5.41) is 3.65. The molecule has 1 rings (SSSR count). The third-order valence-electron chi connectivity index (χ3n) is 2.98. The van der Waals surface area contributed by atoms with Crippen LogP contribution in [0.1, 0.15) is 52.9 Å². The predicted molar refractivity (Wildman–Crippen MR) is 54.3 cm³/mol. The van der Waals surface area contributed by atoms with Crippen LogP contribution in [-0.2, 0) is 0 Å². The molecule has 1 saturated heterocycles. The number of nitrogens with one attached hydrogen (secondary N) is 1. The molecule has 0 aliphatic carbocycles. The van der Waals surface area contributed by atoms with Crippen LogP contribution >= 0.6 is 0 Å². The lowest BCUT2D eigenvalue weighted by Gasteiger charge is -2.35. The standard InChI is InChI=1S/C11H23N/c1-10(2)6-8-11(3)7-4-5-9-12-11/h10,12H,4-9H2,1-3H3. The van der Waals surface area contributed by atoms with Gasteiger partial charge in [0.15, 0.2) is 0 Å². The van der Waals surface area contributed by atoms with E-state index in [9.17, 15) is 0 Å². The molecular weight excluding hydrogens is 146 g/mol. The normalized spacial score (nSPS) is 31.0. The number of hydrogen-bond acceptors (Lipinski definition) is 1. The molecule has 0 amide bonds.